The molecule has 0 aliphatic carbocycles. The number of hydrogen-bond acceptors (Lipinski definition) is 3. The standard InChI is InChI=1S/C12H14N2O3/c1-8-12(16)14(6-7-17-8)10-4-2-9(3-5-10)11(13)15/h2-5,8H,6-7H2,1H3,(H2,13,15)/t8-/m1/s1. The van der Waals surface area contributed by atoms with Crippen molar-refractivity contribution >= 4 is 17.5 Å². The first-order chi connectivity index (χ1) is 8.09. The number of carbonyl (C=O) groups excluding carboxylic acids is 2. The van der Waals surface area contributed by atoms with Gasteiger partial charge in [0, 0.05) is 17.8 Å². The second-order valence-electron chi connectivity index (χ2n) is 3.91. The highest BCUT2D eigenvalue weighted by molar-refractivity contribution is 5.98. The summed E-state index contributed by atoms with van der Waals surface area (Å²) in [7, 11) is 0. The fourth-order valence-electron chi connectivity index (χ4n) is 1.78. The minimum Gasteiger partial charge on any atom is -0.367 e. The molecule has 1 aliphatic heterocycles. The summed E-state index contributed by atoms with van der Waals surface area (Å²) in [6, 6.07) is 6.67. The molecule has 0 spiro atoms. The molecule has 5 heteroatoms. The zero-order valence-corrected chi connectivity index (χ0v) is 9.55. The Kier molecular flexibility index (Phi) is 3.10. The van der Waals surface area contributed by atoms with Crippen LogP contribution in [0.1, 0.15) is 17.3 Å². The Balaban J connectivity index is 2.22. The highest BCUT2D eigenvalue weighted by atomic mass is 16.5. The van der Waals surface area contributed by atoms with E-state index in [1.165, 1.54) is 0 Å². The van der Waals surface area contributed by atoms with Gasteiger partial charge in [0.1, 0.15) is 6.10 Å². The molecule has 0 unspecified atom stereocenters. The monoisotopic (exact) mass is 234 g/mol. The van der Waals surface area contributed by atoms with Crippen LogP contribution in [0.15, 0.2) is 24.3 Å². The first-order valence-corrected chi connectivity index (χ1v) is 5.42. The molecule has 1 heterocycles. The number of hydrogen-bond donors (Lipinski definition) is 1. The molecule has 0 aromatic heterocycles. The van der Waals surface area contributed by atoms with E-state index in [4.69, 9.17) is 10.5 Å². The van der Waals surface area contributed by atoms with Crippen molar-refractivity contribution in [1.29, 1.82) is 0 Å². The van der Waals surface area contributed by atoms with Gasteiger partial charge >= 0.3 is 0 Å². The smallest absolute Gasteiger partial charge is 0.255 e. The zero-order chi connectivity index (χ0) is 12.4. The van der Waals surface area contributed by atoms with Gasteiger partial charge in [0.15, 0.2) is 0 Å². The fraction of sp³-hybridized carbons (Fsp3) is 0.333. The maximum atomic E-state index is 11.9. The highest BCUT2D eigenvalue weighted by Gasteiger charge is 2.26. The minimum atomic E-state index is -0.474. The van der Waals surface area contributed by atoms with Crippen LogP contribution in [0.2, 0.25) is 0 Å². The molecule has 1 atom stereocenters. The summed E-state index contributed by atoms with van der Waals surface area (Å²) in [4.78, 5) is 24.4. The van der Waals surface area contributed by atoms with Crippen LogP contribution < -0.4 is 10.6 Å². The number of amides is 2. The molecule has 1 fully saturated rings. The summed E-state index contributed by atoms with van der Waals surface area (Å²) in [5.41, 5.74) is 6.34. The van der Waals surface area contributed by atoms with Crippen molar-refractivity contribution in [3.8, 4) is 0 Å². The lowest BCUT2D eigenvalue weighted by Crippen LogP contribution is -2.46. The van der Waals surface area contributed by atoms with E-state index in [1.807, 2.05) is 0 Å². The number of nitrogens with two attached hydrogens (primary N) is 1. The van der Waals surface area contributed by atoms with Crippen LogP contribution in [0.25, 0.3) is 0 Å². The SMILES string of the molecule is C[C@H]1OCCN(c2ccc(C(N)=O)cc2)C1=O. The number of ether oxygens (including phenoxy) is 1. The number of benzene rings is 1. The van der Waals surface area contributed by atoms with Crippen molar-refractivity contribution in [2.45, 2.75) is 13.0 Å². The lowest BCUT2D eigenvalue weighted by Gasteiger charge is -2.30. The quantitative estimate of drug-likeness (QED) is 0.811. The Hall–Kier alpha value is -1.88. The number of anilines is 1. The molecule has 0 bridgehead atoms. The molecule has 5 nitrogen and oxygen atoms in total. The molecule has 2 N–H and O–H groups in total. The second kappa shape index (κ2) is 4.55. The third kappa shape index (κ3) is 2.29. The number of nitrogens with zero attached hydrogens (tertiary/aromatic N) is 1. The van der Waals surface area contributed by atoms with Crippen LogP contribution in [-0.4, -0.2) is 31.1 Å². The van der Waals surface area contributed by atoms with Crippen LogP contribution in [0.4, 0.5) is 5.69 Å². The first-order valence-electron chi connectivity index (χ1n) is 5.42. The van der Waals surface area contributed by atoms with Crippen molar-refractivity contribution in [3.05, 3.63) is 29.8 Å². The number of rotatable bonds is 2. The van der Waals surface area contributed by atoms with Crippen LogP contribution in [0.3, 0.4) is 0 Å². The van der Waals surface area contributed by atoms with Crippen molar-refractivity contribution in [2.75, 3.05) is 18.1 Å². The number of primary amides is 1. The second-order valence-corrected chi connectivity index (χ2v) is 3.91. The summed E-state index contributed by atoms with van der Waals surface area (Å²) >= 11 is 0. The van der Waals surface area contributed by atoms with Crippen molar-refractivity contribution in [2.24, 2.45) is 5.73 Å². The van der Waals surface area contributed by atoms with Crippen molar-refractivity contribution < 1.29 is 14.3 Å². The molecular formula is C12H14N2O3. The summed E-state index contributed by atoms with van der Waals surface area (Å²) < 4.78 is 5.24. The van der Waals surface area contributed by atoms with Crippen LogP contribution >= 0.6 is 0 Å². The maximum absolute atomic E-state index is 11.9. The molecule has 1 aromatic rings. The molecule has 0 saturated carbocycles. The maximum Gasteiger partial charge on any atom is 0.255 e. The summed E-state index contributed by atoms with van der Waals surface area (Å²) in [5, 5.41) is 0. The van der Waals surface area contributed by atoms with Crippen LogP contribution in [0, 0.1) is 0 Å². The van der Waals surface area contributed by atoms with Crippen LogP contribution in [0.5, 0.6) is 0 Å². The molecule has 1 aromatic carbocycles. The van der Waals surface area contributed by atoms with E-state index in [9.17, 15) is 9.59 Å². The fourth-order valence-corrected chi connectivity index (χ4v) is 1.78. The van der Waals surface area contributed by atoms with Gasteiger partial charge < -0.3 is 15.4 Å². The Labute approximate surface area is 99.2 Å². The molecule has 17 heavy (non-hydrogen) atoms. The topological polar surface area (TPSA) is 72.6 Å². The molecule has 2 rings (SSSR count). The molecule has 2 amide bonds. The minimum absolute atomic E-state index is 0.0666. The van der Waals surface area contributed by atoms with Gasteiger partial charge in [-0.3, -0.25) is 9.59 Å². The third-order valence-electron chi connectivity index (χ3n) is 2.76. The molecule has 0 radical (unpaired) electrons. The van der Waals surface area contributed by atoms with Gasteiger partial charge in [0.05, 0.1) is 6.61 Å². The Morgan fingerprint density at radius 1 is 1.41 bits per heavy atom. The van der Waals surface area contributed by atoms with Crippen molar-refractivity contribution in [3.63, 3.8) is 0 Å². The molecular weight excluding hydrogens is 220 g/mol. The first kappa shape index (κ1) is 11.6. The van der Waals surface area contributed by atoms with Gasteiger partial charge in [-0.05, 0) is 31.2 Å². The van der Waals surface area contributed by atoms with E-state index < -0.39 is 12.0 Å². The third-order valence-corrected chi connectivity index (χ3v) is 2.76. The van der Waals surface area contributed by atoms with E-state index in [-0.39, 0.29) is 5.91 Å². The normalized spacial score (nSPS) is 20.4. The number of morpholine rings is 1. The summed E-state index contributed by atoms with van der Waals surface area (Å²) in [6.07, 6.45) is -0.417. The van der Waals surface area contributed by atoms with Gasteiger partial charge in [-0.2, -0.15) is 0 Å². The van der Waals surface area contributed by atoms with Gasteiger partial charge in [0.2, 0.25) is 5.91 Å². The summed E-state index contributed by atoms with van der Waals surface area (Å²) in [5.74, 6) is -0.540. The summed E-state index contributed by atoms with van der Waals surface area (Å²) in [6.45, 7) is 2.77. The Morgan fingerprint density at radius 2 is 2.06 bits per heavy atom. The van der Waals surface area contributed by atoms with Crippen LogP contribution in [-0.2, 0) is 9.53 Å². The average Bonchev–Trinajstić information content (AvgIpc) is 2.33. The zero-order valence-electron chi connectivity index (χ0n) is 9.55. The van der Waals surface area contributed by atoms with Gasteiger partial charge in [-0.1, -0.05) is 0 Å². The van der Waals surface area contributed by atoms with Gasteiger partial charge in [-0.15, -0.1) is 0 Å². The lowest BCUT2D eigenvalue weighted by atomic mass is 10.1. The van der Waals surface area contributed by atoms with E-state index in [0.717, 1.165) is 5.69 Å². The average molecular weight is 234 g/mol. The molecule has 1 saturated heterocycles. The van der Waals surface area contributed by atoms with E-state index in [2.05, 4.69) is 0 Å². The Bertz CT molecular complexity index is 442. The molecule has 90 valence electrons. The van der Waals surface area contributed by atoms with Crippen molar-refractivity contribution in [1.82, 2.24) is 0 Å². The number of carbonyl (C=O) groups is 2. The largest absolute Gasteiger partial charge is 0.367 e. The predicted molar refractivity (Wildman–Crippen MR) is 62.7 cm³/mol. The lowest BCUT2D eigenvalue weighted by molar-refractivity contribution is -0.132. The van der Waals surface area contributed by atoms with Gasteiger partial charge in [-0.25, -0.2) is 0 Å². The predicted octanol–water partition coefficient (Wildman–Crippen LogP) is 0.537. The van der Waals surface area contributed by atoms with E-state index >= 15 is 0 Å². The highest BCUT2D eigenvalue weighted by Crippen LogP contribution is 2.19. The van der Waals surface area contributed by atoms with Gasteiger partial charge in [0.25, 0.3) is 5.91 Å². The Morgan fingerprint density at radius 3 is 2.65 bits per heavy atom. The van der Waals surface area contributed by atoms with E-state index in [1.54, 1.807) is 36.1 Å². The molecule has 1 aliphatic rings. The van der Waals surface area contributed by atoms with E-state index in [0.29, 0.717) is 18.7 Å².